The van der Waals surface area contributed by atoms with E-state index in [0.717, 1.165) is 36.2 Å². The van der Waals surface area contributed by atoms with Crippen molar-refractivity contribution in [1.82, 2.24) is 10.5 Å². The molecule has 27 heavy (non-hydrogen) atoms. The maximum Gasteiger partial charge on any atom is 0.243 e. The van der Waals surface area contributed by atoms with Crippen molar-refractivity contribution in [3.63, 3.8) is 0 Å². The highest BCUT2D eigenvalue weighted by Crippen LogP contribution is 2.27. The van der Waals surface area contributed by atoms with Crippen LogP contribution in [-0.2, 0) is 9.59 Å². The maximum absolute atomic E-state index is 12.0. The van der Waals surface area contributed by atoms with Gasteiger partial charge in [0.2, 0.25) is 11.8 Å². The van der Waals surface area contributed by atoms with Gasteiger partial charge in [-0.25, -0.2) is 10.5 Å². The van der Waals surface area contributed by atoms with E-state index in [2.05, 4.69) is 16.4 Å². The molecule has 0 bridgehead atoms. The van der Waals surface area contributed by atoms with Crippen molar-refractivity contribution in [2.75, 3.05) is 24.3 Å². The highest BCUT2D eigenvalue weighted by Gasteiger charge is 2.09. The minimum Gasteiger partial charge on any atom is -0.378 e. The molecule has 0 saturated heterocycles. The van der Waals surface area contributed by atoms with Crippen LogP contribution in [0.4, 0.5) is 10.8 Å². The molecule has 1 heterocycles. The molecule has 1 aromatic heterocycles. The number of benzene rings is 1. The molecule has 0 saturated carbocycles. The standard InChI is InChI=1S/C19H26N4O3S/c1-23(2)15-9-7-8-14(12-15)16-13-27-19(20-16)21-17(24)10-5-3-4-6-11-18(25)22-26/h7-9,12-13,26H,3-6,10-11H2,1-2H3,(H,22,25)(H,20,21,24). The van der Waals surface area contributed by atoms with Gasteiger partial charge < -0.3 is 10.2 Å². The van der Waals surface area contributed by atoms with Gasteiger partial charge in [0.05, 0.1) is 5.69 Å². The number of anilines is 2. The molecule has 0 aliphatic heterocycles. The number of rotatable bonds is 10. The van der Waals surface area contributed by atoms with E-state index in [1.165, 1.54) is 11.3 Å². The summed E-state index contributed by atoms with van der Waals surface area (Å²) in [5, 5.41) is 13.8. The molecular weight excluding hydrogens is 364 g/mol. The summed E-state index contributed by atoms with van der Waals surface area (Å²) in [6.07, 6.45) is 3.92. The summed E-state index contributed by atoms with van der Waals surface area (Å²) in [6, 6.07) is 8.10. The number of nitrogens with zero attached hydrogens (tertiary/aromatic N) is 2. The Morgan fingerprint density at radius 2 is 1.81 bits per heavy atom. The summed E-state index contributed by atoms with van der Waals surface area (Å²) in [5.74, 6) is -0.422. The molecule has 2 amide bonds. The van der Waals surface area contributed by atoms with Crippen LogP contribution in [0.1, 0.15) is 38.5 Å². The van der Waals surface area contributed by atoms with E-state index in [0.29, 0.717) is 24.4 Å². The Bertz CT molecular complexity index is 761. The van der Waals surface area contributed by atoms with Gasteiger partial charge in [-0.15, -0.1) is 11.3 Å². The van der Waals surface area contributed by atoms with E-state index >= 15 is 0 Å². The van der Waals surface area contributed by atoms with Crippen LogP contribution in [0.2, 0.25) is 0 Å². The number of hydroxylamine groups is 1. The molecular formula is C19H26N4O3S. The lowest BCUT2D eigenvalue weighted by Crippen LogP contribution is -2.17. The quantitative estimate of drug-likeness (QED) is 0.327. The molecule has 2 aromatic rings. The van der Waals surface area contributed by atoms with Gasteiger partial charge in [-0.05, 0) is 25.0 Å². The molecule has 0 radical (unpaired) electrons. The van der Waals surface area contributed by atoms with Crippen LogP contribution in [0, 0.1) is 0 Å². The smallest absolute Gasteiger partial charge is 0.243 e. The van der Waals surface area contributed by atoms with E-state index < -0.39 is 0 Å². The van der Waals surface area contributed by atoms with Gasteiger partial charge in [-0.1, -0.05) is 25.0 Å². The number of aromatic nitrogens is 1. The Labute approximate surface area is 163 Å². The second-order valence-corrected chi connectivity index (χ2v) is 7.34. The zero-order valence-electron chi connectivity index (χ0n) is 15.7. The highest BCUT2D eigenvalue weighted by molar-refractivity contribution is 7.14. The van der Waals surface area contributed by atoms with Crippen molar-refractivity contribution in [3.8, 4) is 11.3 Å². The molecule has 7 nitrogen and oxygen atoms in total. The minimum absolute atomic E-state index is 0.0500. The van der Waals surface area contributed by atoms with Gasteiger partial charge in [0, 0.05) is 43.6 Å². The summed E-state index contributed by atoms with van der Waals surface area (Å²) in [4.78, 5) is 29.5. The fourth-order valence-electron chi connectivity index (χ4n) is 2.57. The Morgan fingerprint density at radius 1 is 1.11 bits per heavy atom. The van der Waals surface area contributed by atoms with E-state index in [1.54, 1.807) is 5.48 Å². The zero-order valence-corrected chi connectivity index (χ0v) is 16.5. The summed E-state index contributed by atoms with van der Waals surface area (Å²) in [7, 11) is 3.99. The predicted molar refractivity (Wildman–Crippen MR) is 108 cm³/mol. The lowest BCUT2D eigenvalue weighted by Gasteiger charge is -2.12. The summed E-state index contributed by atoms with van der Waals surface area (Å²) in [5.41, 5.74) is 4.58. The number of unbranched alkanes of at least 4 members (excludes halogenated alkanes) is 3. The van der Waals surface area contributed by atoms with Crippen LogP contribution >= 0.6 is 11.3 Å². The number of carbonyl (C=O) groups is 2. The molecule has 0 spiro atoms. The summed E-state index contributed by atoms with van der Waals surface area (Å²) < 4.78 is 0. The molecule has 0 fully saturated rings. The molecule has 8 heteroatoms. The van der Waals surface area contributed by atoms with Crippen molar-refractivity contribution in [3.05, 3.63) is 29.6 Å². The van der Waals surface area contributed by atoms with E-state index in [4.69, 9.17) is 5.21 Å². The first-order chi connectivity index (χ1) is 13.0. The minimum atomic E-state index is -0.372. The molecule has 1 aromatic carbocycles. The molecule has 0 aliphatic carbocycles. The number of thiazole rings is 1. The van der Waals surface area contributed by atoms with Crippen LogP contribution in [0.3, 0.4) is 0 Å². The van der Waals surface area contributed by atoms with Crippen molar-refractivity contribution < 1.29 is 14.8 Å². The molecule has 3 N–H and O–H groups in total. The molecule has 0 aliphatic rings. The van der Waals surface area contributed by atoms with Gasteiger partial charge in [-0.2, -0.15) is 0 Å². The first-order valence-electron chi connectivity index (χ1n) is 8.95. The lowest BCUT2D eigenvalue weighted by atomic mass is 10.1. The number of nitrogens with one attached hydrogen (secondary N) is 2. The summed E-state index contributed by atoms with van der Waals surface area (Å²) >= 11 is 1.42. The van der Waals surface area contributed by atoms with Gasteiger partial charge in [0.25, 0.3) is 0 Å². The number of hydrogen-bond acceptors (Lipinski definition) is 6. The van der Waals surface area contributed by atoms with Crippen molar-refractivity contribution in [2.24, 2.45) is 0 Å². The van der Waals surface area contributed by atoms with Gasteiger partial charge in [0.1, 0.15) is 0 Å². The van der Waals surface area contributed by atoms with Crippen molar-refractivity contribution in [2.45, 2.75) is 38.5 Å². The third-order valence-corrected chi connectivity index (χ3v) is 4.85. The third kappa shape index (κ3) is 6.99. The third-order valence-electron chi connectivity index (χ3n) is 4.09. The van der Waals surface area contributed by atoms with Crippen LogP contribution in [0.5, 0.6) is 0 Å². The zero-order chi connectivity index (χ0) is 19.6. The second-order valence-electron chi connectivity index (χ2n) is 6.48. The Morgan fingerprint density at radius 3 is 2.48 bits per heavy atom. The monoisotopic (exact) mass is 390 g/mol. The molecule has 2 rings (SSSR count). The Kier molecular flexibility index (Phi) is 8.22. The average Bonchev–Trinajstić information content (AvgIpc) is 3.12. The van der Waals surface area contributed by atoms with Crippen LogP contribution in [-0.4, -0.2) is 36.1 Å². The predicted octanol–water partition coefficient (Wildman–Crippen LogP) is 3.66. The topological polar surface area (TPSA) is 94.6 Å². The van der Waals surface area contributed by atoms with Crippen molar-refractivity contribution >= 4 is 34.0 Å². The number of amides is 2. The van der Waals surface area contributed by atoms with Crippen LogP contribution in [0.25, 0.3) is 11.3 Å². The SMILES string of the molecule is CN(C)c1cccc(-c2csc(NC(=O)CCCCCCC(=O)NO)n2)c1. The van der Waals surface area contributed by atoms with Gasteiger partial charge in [-0.3, -0.25) is 14.8 Å². The second kappa shape index (κ2) is 10.6. The molecule has 0 unspecified atom stereocenters. The molecule has 0 atom stereocenters. The molecule has 146 valence electrons. The van der Waals surface area contributed by atoms with Crippen LogP contribution < -0.4 is 15.7 Å². The fraction of sp³-hybridized carbons (Fsp3) is 0.421. The number of hydrogen-bond donors (Lipinski definition) is 3. The first kappa shape index (κ1) is 20.9. The van der Waals surface area contributed by atoms with E-state index in [1.807, 2.05) is 42.6 Å². The van der Waals surface area contributed by atoms with Gasteiger partial charge >= 0.3 is 0 Å². The van der Waals surface area contributed by atoms with E-state index in [-0.39, 0.29) is 11.8 Å². The Balaban J connectivity index is 1.76. The normalized spacial score (nSPS) is 10.5. The van der Waals surface area contributed by atoms with E-state index in [9.17, 15) is 9.59 Å². The largest absolute Gasteiger partial charge is 0.378 e. The average molecular weight is 391 g/mol. The van der Waals surface area contributed by atoms with Crippen molar-refractivity contribution in [1.29, 1.82) is 0 Å². The summed E-state index contributed by atoms with van der Waals surface area (Å²) in [6.45, 7) is 0. The maximum atomic E-state index is 12.0. The lowest BCUT2D eigenvalue weighted by molar-refractivity contribution is -0.129. The Hall–Kier alpha value is -2.45. The van der Waals surface area contributed by atoms with Gasteiger partial charge in [0.15, 0.2) is 5.13 Å². The fourth-order valence-corrected chi connectivity index (χ4v) is 3.31. The first-order valence-corrected chi connectivity index (χ1v) is 9.83. The van der Waals surface area contributed by atoms with Crippen LogP contribution in [0.15, 0.2) is 29.6 Å². The number of carbonyl (C=O) groups excluding carboxylic acids is 2. The highest BCUT2D eigenvalue weighted by atomic mass is 32.1.